The third-order valence-corrected chi connectivity index (χ3v) is 10.1. The maximum absolute atomic E-state index is 13.9. The first kappa shape index (κ1) is 27.1. The second-order valence-corrected chi connectivity index (χ2v) is 12.4. The Morgan fingerprint density at radius 2 is 1.50 bits per heavy atom. The molecule has 0 unspecified atom stereocenters. The first-order valence-corrected chi connectivity index (χ1v) is 14.4. The molecule has 0 saturated carbocycles. The number of benzene rings is 3. The summed E-state index contributed by atoms with van der Waals surface area (Å²) < 4.78 is 41.9. The molecule has 2 amide bonds. The molecule has 12 heteroatoms. The lowest BCUT2D eigenvalue weighted by Crippen LogP contribution is -2.32. The van der Waals surface area contributed by atoms with Gasteiger partial charge < -0.3 is 0 Å². The Morgan fingerprint density at radius 3 is 2.15 bits per heavy atom. The van der Waals surface area contributed by atoms with Crippen LogP contribution >= 0.6 is 46.3 Å². The molecule has 0 aliphatic carbocycles. The molecular formula is C28H17Cl2F3N2O3S2. The van der Waals surface area contributed by atoms with Crippen LogP contribution in [0.25, 0.3) is 0 Å². The zero-order valence-electron chi connectivity index (χ0n) is 20.2. The van der Waals surface area contributed by atoms with Crippen molar-refractivity contribution < 1.29 is 22.8 Å². The van der Waals surface area contributed by atoms with E-state index in [0.29, 0.717) is 25.5 Å². The Morgan fingerprint density at radius 1 is 0.850 bits per heavy atom. The summed E-state index contributed by atoms with van der Waals surface area (Å²) in [7, 11) is 0. The third-order valence-electron chi connectivity index (χ3n) is 6.96. The third kappa shape index (κ3) is 4.66. The summed E-state index contributed by atoms with van der Waals surface area (Å²) in [6, 6.07) is 18.0. The lowest BCUT2D eigenvalue weighted by atomic mass is 9.83. The number of carbonyl (C=O) groups excluding carboxylic acids is 2. The average molecular weight is 621 g/mol. The van der Waals surface area contributed by atoms with Crippen molar-refractivity contribution in [3.8, 4) is 0 Å². The number of anilines is 1. The molecule has 1 aromatic heterocycles. The lowest BCUT2D eigenvalue weighted by Gasteiger charge is -2.30. The second kappa shape index (κ2) is 10.1. The standard InChI is InChI=1S/C28H17Cl2F3N2O3S2/c29-17-8-4-14(5-9-17)13-34-26-23(40-27(34)38)20(15-6-10-18(30)11-7-15)21-22(39-26)25(37)35(24(21)36)19-3-1-2-16(12-19)28(31,32)33/h1-12,20-22H,13H2/t20-,21-,22+/m0/s1. The Balaban J connectivity index is 1.47. The summed E-state index contributed by atoms with van der Waals surface area (Å²) in [5, 5.41) is 0.630. The van der Waals surface area contributed by atoms with Crippen LogP contribution in [0, 0.1) is 5.92 Å². The van der Waals surface area contributed by atoms with Crippen LogP contribution in [0.5, 0.6) is 0 Å². The van der Waals surface area contributed by atoms with Crippen LogP contribution in [0.4, 0.5) is 18.9 Å². The van der Waals surface area contributed by atoms with Gasteiger partial charge in [0.15, 0.2) is 0 Å². The van der Waals surface area contributed by atoms with Crippen LogP contribution in [0.2, 0.25) is 10.0 Å². The number of hydrogen-bond donors (Lipinski definition) is 0. The number of aromatic nitrogens is 1. The summed E-state index contributed by atoms with van der Waals surface area (Å²) in [4.78, 5) is 42.1. The number of fused-ring (bicyclic) bond motifs is 2. The largest absolute Gasteiger partial charge is 0.416 e. The van der Waals surface area contributed by atoms with Crippen molar-refractivity contribution in [1.29, 1.82) is 0 Å². The summed E-state index contributed by atoms with van der Waals surface area (Å²) in [6.07, 6.45) is -4.64. The SMILES string of the molecule is O=C1[C@H]2[C@H](c3ccc(Cl)cc3)c3sc(=O)n(Cc4ccc(Cl)cc4)c3S[C@H]2C(=O)N1c1cccc(C(F)(F)F)c1. The van der Waals surface area contributed by atoms with Gasteiger partial charge in [0.2, 0.25) is 11.8 Å². The molecule has 2 aliphatic rings. The molecule has 0 spiro atoms. The molecule has 5 nitrogen and oxygen atoms in total. The quantitative estimate of drug-likeness (QED) is 0.229. The van der Waals surface area contributed by atoms with Crippen molar-refractivity contribution in [2.45, 2.75) is 28.9 Å². The van der Waals surface area contributed by atoms with E-state index in [-0.39, 0.29) is 17.1 Å². The van der Waals surface area contributed by atoms with E-state index in [1.165, 1.54) is 12.1 Å². The number of nitrogens with zero attached hydrogens (tertiary/aromatic N) is 2. The van der Waals surface area contributed by atoms with Crippen LogP contribution in [-0.4, -0.2) is 21.6 Å². The Bertz CT molecular complexity index is 1700. The molecule has 40 heavy (non-hydrogen) atoms. The van der Waals surface area contributed by atoms with Crippen molar-refractivity contribution in [3.05, 3.63) is 114 Å². The van der Waals surface area contributed by atoms with Crippen LogP contribution in [0.1, 0.15) is 27.5 Å². The zero-order chi connectivity index (χ0) is 28.3. The van der Waals surface area contributed by atoms with Crippen molar-refractivity contribution >= 4 is 63.8 Å². The highest BCUT2D eigenvalue weighted by Crippen LogP contribution is 2.54. The van der Waals surface area contributed by atoms with Gasteiger partial charge in [0.1, 0.15) is 5.25 Å². The van der Waals surface area contributed by atoms with Crippen LogP contribution in [-0.2, 0) is 22.3 Å². The predicted molar refractivity (Wildman–Crippen MR) is 149 cm³/mol. The minimum atomic E-state index is -4.64. The minimum absolute atomic E-state index is 0.142. The molecule has 1 fully saturated rings. The van der Waals surface area contributed by atoms with Gasteiger partial charge in [-0.3, -0.25) is 19.0 Å². The highest BCUT2D eigenvalue weighted by molar-refractivity contribution is 8.00. The summed E-state index contributed by atoms with van der Waals surface area (Å²) in [6.45, 7) is 0.221. The van der Waals surface area contributed by atoms with E-state index >= 15 is 0 Å². The molecule has 3 atom stereocenters. The zero-order valence-corrected chi connectivity index (χ0v) is 23.3. The monoisotopic (exact) mass is 620 g/mol. The number of thiazole rings is 1. The topological polar surface area (TPSA) is 59.4 Å². The number of halogens is 5. The number of alkyl halides is 3. The van der Waals surface area contributed by atoms with Crippen molar-refractivity contribution in [3.63, 3.8) is 0 Å². The van der Waals surface area contributed by atoms with E-state index in [9.17, 15) is 27.6 Å². The van der Waals surface area contributed by atoms with Gasteiger partial charge in [-0.2, -0.15) is 13.2 Å². The molecule has 0 radical (unpaired) electrons. The van der Waals surface area contributed by atoms with E-state index in [4.69, 9.17) is 23.2 Å². The average Bonchev–Trinajstić information content (AvgIpc) is 3.36. The Kier molecular flexibility index (Phi) is 6.85. The summed E-state index contributed by atoms with van der Waals surface area (Å²) >= 11 is 14.2. The Labute approximate surface area is 244 Å². The Hall–Kier alpha value is -3.05. The van der Waals surface area contributed by atoms with Crippen LogP contribution < -0.4 is 9.77 Å². The lowest BCUT2D eigenvalue weighted by molar-refractivity contribution is -0.137. The molecule has 2 aliphatic heterocycles. The molecular weight excluding hydrogens is 604 g/mol. The van der Waals surface area contributed by atoms with Crippen LogP contribution in [0.3, 0.4) is 0 Å². The van der Waals surface area contributed by atoms with E-state index < -0.39 is 40.6 Å². The van der Waals surface area contributed by atoms with Gasteiger partial charge in [0.25, 0.3) is 0 Å². The maximum atomic E-state index is 13.9. The fraction of sp³-hybridized carbons (Fsp3) is 0.179. The van der Waals surface area contributed by atoms with Gasteiger partial charge in [0.05, 0.1) is 28.7 Å². The maximum Gasteiger partial charge on any atom is 0.416 e. The fourth-order valence-corrected chi connectivity index (χ4v) is 8.16. The second-order valence-electron chi connectivity index (χ2n) is 9.40. The van der Waals surface area contributed by atoms with Gasteiger partial charge in [-0.25, -0.2) is 4.90 Å². The minimum Gasteiger partial charge on any atom is -0.289 e. The highest BCUT2D eigenvalue weighted by atomic mass is 35.5. The van der Waals surface area contributed by atoms with Gasteiger partial charge >= 0.3 is 11.0 Å². The normalized spacial score (nSPS) is 20.5. The smallest absolute Gasteiger partial charge is 0.289 e. The molecule has 6 rings (SSSR count). The van der Waals surface area contributed by atoms with Crippen molar-refractivity contribution in [2.75, 3.05) is 4.90 Å². The van der Waals surface area contributed by atoms with Crippen molar-refractivity contribution in [2.24, 2.45) is 5.92 Å². The van der Waals surface area contributed by atoms with E-state index in [1.54, 1.807) is 53.1 Å². The van der Waals surface area contributed by atoms with Crippen molar-refractivity contribution in [1.82, 2.24) is 4.57 Å². The first-order valence-electron chi connectivity index (χ1n) is 12.0. The predicted octanol–water partition coefficient (Wildman–Crippen LogP) is 7.08. The van der Waals surface area contributed by atoms with Gasteiger partial charge in [0, 0.05) is 20.8 Å². The number of imide groups is 1. The number of amides is 2. The molecule has 3 heterocycles. The van der Waals surface area contributed by atoms with Gasteiger partial charge in [-0.05, 0) is 53.6 Å². The number of carbonyl (C=O) groups is 2. The number of rotatable bonds is 4. The van der Waals surface area contributed by atoms with E-state index in [2.05, 4.69) is 0 Å². The van der Waals surface area contributed by atoms with E-state index in [1.807, 2.05) is 0 Å². The van der Waals surface area contributed by atoms with Gasteiger partial charge in [-0.15, -0.1) is 0 Å². The molecule has 4 aromatic rings. The molecule has 0 N–H and O–H groups in total. The molecule has 0 bridgehead atoms. The fourth-order valence-electron chi connectivity index (χ4n) is 5.13. The number of thioether (sulfide) groups is 1. The van der Waals surface area contributed by atoms with E-state index in [0.717, 1.165) is 45.7 Å². The first-order chi connectivity index (χ1) is 19.0. The molecule has 204 valence electrons. The molecule has 1 saturated heterocycles. The number of hydrogen-bond acceptors (Lipinski definition) is 5. The van der Waals surface area contributed by atoms with Crippen LogP contribution in [0.15, 0.2) is 82.6 Å². The molecule has 3 aromatic carbocycles. The summed E-state index contributed by atoms with van der Waals surface area (Å²) in [5.41, 5.74) is 0.389. The highest BCUT2D eigenvalue weighted by Gasteiger charge is 2.57. The van der Waals surface area contributed by atoms with Gasteiger partial charge in [-0.1, -0.05) is 76.6 Å². The summed E-state index contributed by atoms with van der Waals surface area (Å²) in [5.74, 6) is -2.84.